The lowest BCUT2D eigenvalue weighted by molar-refractivity contribution is -0.118. The molecule has 0 aliphatic rings. The van der Waals surface area contributed by atoms with Gasteiger partial charge in [0.2, 0.25) is 11.7 Å². The summed E-state index contributed by atoms with van der Waals surface area (Å²) in [5.41, 5.74) is 5.99. The Bertz CT molecular complexity index is 780. The summed E-state index contributed by atoms with van der Waals surface area (Å²) in [6.45, 7) is 0.516. The Morgan fingerprint density at radius 2 is 1.83 bits per heavy atom. The molecule has 0 bridgehead atoms. The molecule has 0 fully saturated rings. The molecular formula is C13H15N9O. The lowest BCUT2D eigenvalue weighted by Gasteiger charge is -1.96. The molecule has 0 atom stereocenters. The summed E-state index contributed by atoms with van der Waals surface area (Å²) in [6.07, 6.45) is 1.33. The number of nitrogens with two attached hydrogens (primary N) is 1. The van der Waals surface area contributed by atoms with E-state index in [1.807, 2.05) is 30.3 Å². The van der Waals surface area contributed by atoms with Gasteiger partial charge in [-0.1, -0.05) is 30.3 Å². The minimum absolute atomic E-state index is 0.0714. The van der Waals surface area contributed by atoms with Crippen LogP contribution in [0.25, 0.3) is 11.4 Å². The highest BCUT2D eigenvalue weighted by Gasteiger charge is 2.07. The molecule has 0 radical (unpaired) electrons. The van der Waals surface area contributed by atoms with Crippen LogP contribution >= 0.6 is 0 Å². The third-order valence-corrected chi connectivity index (χ3v) is 3.03. The molecule has 2 aromatic heterocycles. The molecule has 0 saturated heterocycles. The fourth-order valence-electron chi connectivity index (χ4n) is 2.00. The molecule has 0 saturated carbocycles. The Kier molecular flexibility index (Phi) is 4.32. The predicted octanol–water partition coefficient (Wildman–Crippen LogP) is -0.555. The van der Waals surface area contributed by atoms with E-state index in [4.69, 9.17) is 5.73 Å². The minimum atomic E-state index is -0.505. The van der Waals surface area contributed by atoms with E-state index in [1.54, 1.807) is 0 Å². The van der Waals surface area contributed by atoms with E-state index < -0.39 is 5.91 Å². The first-order valence-electron chi connectivity index (χ1n) is 7.09. The van der Waals surface area contributed by atoms with Gasteiger partial charge in [0.25, 0.3) is 0 Å². The summed E-state index contributed by atoms with van der Waals surface area (Å²) in [4.78, 5) is 13.5. The van der Waals surface area contributed by atoms with Gasteiger partial charge in [-0.25, -0.2) is 0 Å². The van der Waals surface area contributed by atoms with Gasteiger partial charge in [-0.15, -0.1) is 20.4 Å². The summed E-state index contributed by atoms with van der Waals surface area (Å²) < 4.78 is 0. The molecule has 23 heavy (non-hydrogen) atoms. The Labute approximate surface area is 131 Å². The average molecular weight is 313 g/mol. The van der Waals surface area contributed by atoms with Crippen LogP contribution in [0.3, 0.4) is 0 Å². The fourth-order valence-corrected chi connectivity index (χ4v) is 2.00. The van der Waals surface area contributed by atoms with Crippen LogP contribution in [-0.2, 0) is 24.3 Å². The second kappa shape index (κ2) is 6.73. The molecule has 0 unspecified atom stereocenters. The Morgan fingerprint density at radius 3 is 2.61 bits per heavy atom. The minimum Gasteiger partial charge on any atom is -0.368 e. The number of carbonyl (C=O) groups excluding carboxylic acids is 1. The van der Waals surface area contributed by atoms with E-state index in [0.29, 0.717) is 24.6 Å². The molecule has 2 N–H and O–H groups in total. The lowest BCUT2D eigenvalue weighted by atomic mass is 10.2. The summed E-state index contributed by atoms with van der Waals surface area (Å²) in [5, 5.41) is 24.1. The molecule has 2 heterocycles. The first kappa shape index (κ1) is 14.8. The summed E-state index contributed by atoms with van der Waals surface area (Å²) >= 11 is 0. The van der Waals surface area contributed by atoms with E-state index >= 15 is 0 Å². The number of nitrogens with zero attached hydrogens (tertiary/aromatic N) is 8. The van der Waals surface area contributed by atoms with Crippen molar-refractivity contribution in [2.75, 3.05) is 0 Å². The molecule has 10 heteroatoms. The summed E-state index contributed by atoms with van der Waals surface area (Å²) in [5.74, 6) is 0.639. The highest BCUT2D eigenvalue weighted by molar-refractivity contribution is 5.73. The van der Waals surface area contributed by atoms with Crippen LogP contribution in [0.5, 0.6) is 0 Å². The monoisotopic (exact) mass is 313 g/mol. The maximum atomic E-state index is 10.8. The quantitative estimate of drug-likeness (QED) is 0.619. The highest BCUT2D eigenvalue weighted by Crippen LogP contribution is 2.11. The van der Waals surface area contributed by atoms with Crippen LogP contribution in [0.2, 0.25) is 0 Å². The van der Waals surface area contributed by atoms with Crippen LogP contribution in [0.1, 0.15) is 12.2 Å². The van der Waals surface area contributed by atoms with Gasteiger partial charge in [0, 0.05) is 12.0 Å². The van der Waals surface area contributed by atoms with E-state index in [0.717, 1.165) is 12.0 Å². The number of hydrogen-bond donors (Lipinski definition) is 1. The van der Waals surface area contributed by atoms with E-state index in [-0.39, 0.29) is 6.54 Å². The lowest BCUT2D eigenvalue weighted by Crippen LogP contribution is -2.20. The molecule has 0 aliphatic heterocycles. The number of aromatic nitrogens is 8. The van der Waals surface area contributed by atoms with Gasteiger partial charge in [0.1, 0.15) is 6.54 Å². The molecule has 118 valence electrons. The molecule has 1 aromatic carbocycles. The van der Waals surface area contributed by atoms with Crippen LogP contribution in [-0.4, -0.2) is 46.3 Å². The van der Waals surface area contributed by atoms with Gasteiger partial charge in [-0.2, -0.15) is 9.59 Å². The van der Waals surface area contributed by atoms with Crippen molar-refractivity contribution >= 4 is 5.91 Å². The van der Waals surface area contributed by atoms with Crippen LogP contribution in [0, 0.1) is 0 Å². The van der Waals surface area contributed by atoms with Gasteiger partial charge < -0.3 is 5.73 Å². The van der Waals surface area contributed by atoms with Gasteiger partial charge in [0.05, 0.1) is 6.54 Å². The van der Waals surface area contributed by atoms with Gasteiger partial charge >= 0.3 is 0 Å². The van der Waals surface area contributed by atoms with E-state index in [9.17, 15) is 4.79 Å². The number of hydrogen-bond acceptors (Lipinski definition) is 7. The van der Waals surface area contributed by atoms with Crippen molar-refractivity contribution in [1.29, 1.82) is 0 Å². The standard InChI is InChI=1S/C13H15N9O/c14-11(23)9-22-17-12(15-19-22)7-4-8-21-18-13(16-20-21)10-5-2-1-3-6-10/h1-3,5-6H,4,7-9H2,(H2,14,23). The van der Waals surface area contributed by atoms with Crippen molar-refractivity contribution in [3.05, 3.63) is 36.2 Å². The second-order valence-corrected chi connectivity index (χ2v) is 4.88. The Hall–Kier alpha value is -3.17. The van der Waals surface area contributed by atoms with Crippen LogP contribution in [0.4, 0.5) is 0 Å². The number of tetrazole rings is 2. The topological polar surface area (TPSA) is 130 Å². The number of rotatable bonds is 7. The van der Waals surface area contributed by atoms with Crippen molar-refractivity contribution in [3.63, 3.8) is 0 Å². The van der Waals surface area contributed by atoms with Crippen molar-refractivity contribution in [2.45, 2.75) is 25.9 Å². The van der Waals surface area contributed by atoms with Gasteiger partial charge in [-0.3, -0.25) is 4.79 Å². The Morgan fingerprint density at radius 1 is 1.04 bits per heavy atom. The zero-order valence-corrected chi connectivity index (χ0v) is 12.3. The maximum Gasteiger partial charge on any atom is 0.241 e. The second-order valence-electron chi connectivity index (χ2n) is 4.88. The number of carbonyl (C=O) groups is 1. The first-order chi connectivity index (χ1) is 11.2. The average Bonchev–Trinajstić information content (AvgIpc) is 3.18. The normalized spacial score (nSPS) is 10.8. The first-order valence-corrected chi connectivity index (χ1v) is 7.09. The van der Waals surface area contributed by atoms with Crippen molar-refractivity contribution < 1.29 is 4.79 Å². The molecular weight excluding hydrogens is 298 g/mol. The zero-order chi connectivity index (χ0) is 16.1. The molecule has 0 aliphatic carbocycles. The van der Waals surface area contributed by atoms with Gasteiger partial charge in [0.15, 0.2) is 5.82 Å². The van der Waals surface area contributed by atoms with E-state index in [2.05, 4.69) is 30.8 Å². The van der Waals surface area contributed by atoms with Crippen LogP contribution in [0.15, 0.2) is 30.3 Å². The molecule has 3 rings (SSSR count). The SMILES string of the molecule is NC(=O)Cn1nnc(CCCn2nnc(-c3ccccc3)n2)n1. The van der Waals surface area contributed by atoms with Crippen molar-refractivity contribution in [3.8, 4) is 11.4 Å². The number of aryl methyl sites for hydroxylation is 2. The third-order valence-electron chi connectivity index (χ3n) is 3.03. The van der Waals surface area contributed by atoms with E-state index in [1.165, 1.54) is 9.59 Å². The molecule has 1 amide bonds. The molecule has 0 spiro atoms. The third kappa shape index (κ3) is 3.93. The van der Waals surface area contributed by atoms with Crippen molar-refractivity contribution in [2.24, 2.45) is 5.73 Å². The molecule has 3 aromatic rings. The maximum absolute atomic E-state index is 10.8. The summed E-state index contributed by atoms with van der Waals surface area (Å²) in [6, 6.07) is 9.66. The molecule has 10 nitrogen and oxygen atoms in total. The number of benzene rings is 1. The zero-order valence-electron chi connectivity index (χ0n) is 12.3. The highest BCUT2D eigenvalue weighted by atomic mass is 16.1. The van der Waals surface area contributed by atoms with Crippen LogP contribution < -0.4 is 5.73 Å². The number of primary amides is 1. The Balaban J connectivity index is 1.52. The summed E-state index contributed by atoms with van der Waals surface area (Å²) in [7, 11) is 0. The number of amides is 1. The predicted molar refractivity (Wildman–Crippen MR) is 78.6 cm³/mol. The fraction of sp³-hybridized carbons (Fsp3) is 0.308. The van der Waals surface area contributed by atoms with Crippen molar-refractivity contribution in [1.82, 2.24) is 40.4 Å². The van der Waals surface area contributed by atoms with Gasteiger partial charge in [-0.05, 0) is 16.8 Å². The largest absolute Gasteiger partial charge is 0.368 e. The smallest absolute Gasteiger partial charge is 0.241 e.